The molecule has 0 aliphatic heterocycles. The Morgan fingerprint density at radius 2 is 1.68 bits per heavy atom. The van der Waals surface area contributed by atoms with Gasteiger partial charge in [-0.1, -0.05) is 52.0 Å². The molecule has 1 nitrogen and oxygen atoms in total. The zero-order valence-corrected chi connectivity index (χ0v) is 12.9. The zero-order valence-electron chi connectivity index (χ0n) is 12.9. The van der Waals surface area contributed by atoms with Gasteiger partial charge in [-0.2, -0.15) is 0 Å². The van der Waals surface area contributed by atoms with E-state index in [9.17, 15) is 4.79 Å². The molecule has 0 aromatic heterocycles. The Bertz CT molecular complexity index is 390. The second-order valence-corrected chi connectivity index (χ2v) is 6.23. The Labute approximate surface area is 118 Å². The third-order valence-corrected chi connectivity index (χ3v) is 3.53. The summed E-state index contributed by atoms with van der Waals surface area (Å²) in [7, 11) is 0. The highest BCUT2D eigenvalue weighted by Gasteiger charge is 2.06. The van der Waals surface area contributed by atoms with Gasteiger partial charge in [-0.25, -0.2) is 0 Å². The first-order valence-corrected chi connectivity index (χ1v) is 7.59. The normalized spacial score (nSPS) is 11.3. The molecular weight excluding hydrogens is 232 g/mol. The van der Waals surface area contributed by atoms with Crippen LogP contribution in [0.5, 0.6) is 0 Å². The first-order chi connectivity index (χ1) is 8.99. The van der Waals surface area contributed by atoms with Crippen LogP contribution in [0.15, 0.2) is 24.3 Å². The van der Waals surface area contributed by atoms with E-state index in [4.69, 9.17) is 0 Å². The first kappa shape index (κ1) is 15.9. The van der Waals surface area contributed by atoms with E-state index in [-0.39, 0.29) is 5.92 Å². The van der Waals surface area contributed by atoms with Crippen LogP contribution in [0, 0.1) is 11.8 Å². The van der Waals surface area contributed by atoms with Crippen molar-refractivity contribution < 1.29 is 4.79 Å². The van der Waals surface area contributed by atoms with Gasteiger partial charge in [0.2, 0.25) is 0 Å². The summed E-state index contributed by atoms with van der Waals surface area (Å²) in [4.78, 5) is 11.6. The number of ketones is 1. The molecule has 1 aromatic rings. The molecule has 0 radical (unpaired) electrons. The van der Waals surface area contributed by atoms with Gasteiger partial charge in [0, 0.05) is 12.3 Å². The van der Waals surface area contributed by atoms with Gasteiger partial charge in [0.1, 0.15) is 5.78 Å². The van der Waals surface area contributed by atoms with Crippen LogP contribution in [0.25, 0.3) is 0 Å². The predicted molar refractivity (Wildman–Crippen MR) is 82.4 cm³/mol. The van der Waals surface area contributed by atoms with Crippen molar-refractivity contribution in [2.45, 2.75) is 59.8 Å². The average Bonchev–Trinajstić information content (AvgIpc) is 2.36. The van der Waals surface area contributed by atoms with Crippen molar-refractivity contribution in [1.29, 1.82) is 0 Å². The summed E-state index contributed by atoms with van der Waals surface area (Å²) in [5, 5.41) is 0. The zero-order chi connectivity index (χ0) is 14.3. The van der Waals surface area contributed by atoms with Crippen LogP contribution in [0.2, 0.25) is 0 Å². The minimum absolute atomic E-state index is 0.178. The van der Waals surface area contributed by atoms with E-state index in [1.54, 1.807) is 0 Å². The molecule has 0 unspecified atom stereocenters. The monoisotopic (exact) mass is 260 g/mol. The number of hydrogen-bond donors (Lipinski definition) is 0. The van der Waals surface area contributed by atoms with Crippen LogP contribution in [0.1, 0.15) is 58.1 Å². The standard InChI is InChI=1S/C18H28O/c1-14(2)11-12-17-8-5-7-16(13-17)9-6-10-18(19)15(3)4/h5,7-8,13-15H,6,9-12H2,1-4H3. The number of hydrogen-bond acceptors (Lipinski definition) is 1. The smallest absolute Gasteiger partial charge is 0.135 e. The maximum Gasteiger partial charge on any atom is 0.135 e. The Morgan fingerprint density at radius 3 is 2.26 bits per heavy atom. The fraction of sp³-hybridized carbons (Fsp3) is 0.611. The number of Topliss-reactive ketones (excluding diaryl/α,β-unsaturated/α-hetero) is 1. The lowest BCUT2D eigenvalue weighted by atomic mass is 9.98. The number of benzene rings is 1. The second-order valence-electron chi connectivity index (χ2n) is 6.23. The van der Waals surface area contributed by atoms with Gasteiger partial charge in [-0.3, -0.25) is 4.79 Å². The van der Waals surface area contributed by atoms with E-state index >= 15 is 0 Å². The minimum atomic E-state index is 0.178. The molecule has 0 fully saturated rings. The highest BCUT2D eigenvalue weighted by molar-refractivity contribution is 5.80. The molecule has 0 aliphatic rings. The van der Waals surface area contributed by atoms with Crippen molar-refractivity contribution in [3.8, 4) is 0 Å². The van der Waals surface area contributed by atoms with Crippen LogP contribution in [-0.2, 0) is 17.6 Å². The molecule has 0 spiro atoms. The van der Waals surface area contributed by atoms with Gasteiger partial charge in [0.05, 0.1) is 0 Å². The number of aryl methyl sites for hydroxylation is 2. The van der Waals surface area contributed by atoms with Crippen molar-refractivity contribution in [3.63, 3.8) is 0 Å². The van der Waals surface area contributed by atoms with Gasteiger partial charge in [-0.05, 0) is 42.7 Å². The maximum absolute atomic E-state index is 11.6. The summed E-state index contributed by atoms with van der Waals surface area (Å²) in [5.74, 6) is 1.32. The number of carbonyl (C=O) groups is 1. The molecule has 1 aromatic carbocycles. The van der Waals surface area contributed by atoms with Crippen molar-refractivity contribution in [1.82, 2.24) is 0 Å². The Morgan fingerprint density at radius 1 is 1.05 bits per heavy atom. The summed E-state index contributed by atoms with van der Waals surface area (Å²) >= 11 is 0. The van der Waals surface area contributed by atoms with Gasteiger partial charge in [0.25, 0.3) is 0 Å². The van der Waals surface area contributed by atoms with Crippen molar-refractivity contribution >= 4 is 5.78 Å². The van der Waals surface area contributed by atoms with Gasteiger partial charge in [0.15, 0.2) is 0 Å². The van der Waals surface area contributed by atoms with E-state index in [1.165, 1.54) is 17.5 Å². The molecule has 0 amide bonds. The van der Waals surface area contributed by atoms with Crippen LogP contribution < -0.4 is 0 Å². The SMILES string of the molecule is CC(C)CCc1cccc(CCCC(=O)C(C)C)c1. The van der Waals surface area contributed by atoms with Crippen molar-refractivity contribution in [2.75, 3.05) is 0 Å². The first-order valence-electron chi connectivity index (χ1n) is 7.59. The quantitative estimate of drug-likeness (QED) is 0.654. The fourth-order valence-electron chi connectivity index (χ4n) is 2.15. The molecule has 19 heavy (non-hydrogen) atoms. The third-order valence-electron chi connectivity index (χ3n) is 3.53. The molecule has 0 atom stereocenters. The largest absolute Gasteiger partial charge is 0.299 e. The summed E-state index contributed by atoms with van der Waals surface area (Å²) in [6, 6.07) is 8.85. The van der Waals surface area contributed by atoms with Gasteiger partial charge >= 0.3 is 0 Å². The third kappa shape index (κ3) is 6.56. The summed E-state index contributed by atoms with van der Waals surface area (Å²) in [6.07, 6.45) is 5.12. The highest BCUT2D eigenvalue weighted by atomic mass is 16.1. The molecule has 0 heterocycles. The lowest BCUT2D eigenvalue weighted by Gasteiger charge is -2.08. The van der Waals surface area contributed by atoms with E-state index in [0.29, 0.717) is 12.2 Å². The number of carbonyl (C=O) groups excluding carboxylic acids is 1. The predicted octanol–water partition coefficient (Wildman–Crippen LogP) is 4.82. The minimum Gasteiger partial charge on any atom is -0.299 e. The maximum atomic E-state index is 11.6. The van der Waals surface area contributed by atoms with E-state index in [1.807, 2.05) is 13.8 Å². The molecule has 0 saturated carbocycles. The van der Waals surface area contributed by atoms with Crippen LogP contribution in [0.3, 0.4) is 0 Å². The van der Waals surface area contributed by atoms with E-state index in [2.05, 4.69) is 38.1 Å². The van der Waals surface area contributed by atoms with E-state index in [0.717, 1.165) is 25.2 Å². The Kier molecular flexibility index (Phi) is 6.83. The lowest BCUT2D eigenvalue weighted by Crippen LogP contribution is -2.06. The van der Waals surface area contributed by atoms with E-state index < -0.39 is 0 Å². The molecule has 1 rings (SSSR count). The molecule has 0 N–H and O–H groups in total. The summed E-state index contributed by atoms with van der Waals surface area (Å²) < 4.78 is 0. The van der Waals surface area contributed by atoms with Gasteiger partial charge < -0.3 is 0 Å². The van der Waals surface area contributed by atoms with Crippen LogP contribution >= 0.6 is 0 Å². The van der Waals surface area contributed by atoms with Gasteiger partial charge in [-0.15, -0.1) is 0 Å². The number of rotatable bonds is 8. The Hall–Kier alpha value is -1.11. The molecule has 106 valence electrons. The summed E-state index contributed by atoms with van der Waals surface area (Å²) in [5.41, 5.74) is 2.80. The van der Waals surface area contributed by atoms with Crippen LogP contribution in [-0.4, -0.2) is 5.78 Å². The molecular formula is C18H28O. The van der Waals surface area contributed by atoms with Crippen molar-refractivity contribution in [2.24, 2.45) is 11.8 Å². The second kappa shape index (κ2) is 8.14. The van der Waals surface area contributed by atoms with Crippen molar-refractivity contribution in [3.05, 3.63) is 35.4 Å². The lowest BCUT2D eigenvalue weighted by molar-refractivity contribution is -0.121. The highest BCUT2D eigenvalue weighted by Crippen LogP contribution is 2.13. The topological polar surface area (TPSA) is 17.1 Å². The summed E-state index contributed by atoms with van der Waals surface area (Å²) in [6.45, 7) is 8.49. The molecule has 0 saturated heterocycles. The average molecular weight is 260 g/mol. The molecule has 0 bridgehead atoms. The fourth-order valence-corrected chi connectivity index (χ4v) is 2.15. The molecule has 0 aliphatic carbocycles. The van der Waals surface area contributed by atoms with Crippen LogP contribution in [0.4, 0.5) is 0 Å². The Balaban J connectivity index is 2.42. The molecule has 1 heteroatoms.